The Hall–Kier alpha value is -2.28. The van der Waals surface area contributed by atoms with Crippen LogP contribution in [0.1, 0.15) is 38.3 Å². The molecular formula is C23H24Cl3N3O3. The summed E-state index contributed by atoms with van der Waals surface area (Å²) in [5.41, 5.74) is 4.53. The second kappa shape index (κ2) is 9.30. The van der Waals surface area contributed by atoms with Gasteiger partial charge in [-0.1, -0.05) is 23.7 Å². The fourth-order valence-electron chi connectivity index (χ4n) is 3.00. The first-order valence-corrected chi connectivity index (χ1v) is 11.1. The van der Waals surface area contributed by atoms with E-state index in [0.29, 0.717) is 28.6 Å². The summed E-state index contributed by atoms with van der Waals surface area (Å²) in [7, 11) is 0. The van der Waals surface area contributed by atoms with Crippen LogP contribution in [0.3, 0.4) is 0 Å². The van der Waals surface area contributed by atoms with Crippen molar-refractivity contribution >= 4 is 58.0 Å². The predicted octanol–water partition coefficient (Wildman–Crippen LogP) is 5.48. The van der Waals surface area contributed by atoms with Crippen molar-refractivity contribution in [2.24, 2.45) is 10.5 Å². The van der Waals surface area contributed by atoms with E-state index in [1.54, 1.807) is 63.2 Å². The molecule has 6 nitrogen and oxygen atoms in total. The molecule has 1 aliphatic carbocycles. The lowest BCUT2D eigenvalue weighted by molar-refractivity contribution is -0.125. The molecule has 2 aromatic carbocycles. The molecule has 2 N–H and O–H groups in total. The molecule has 9 heteroatoms. The molecule has 32 heavy (non-hydrogen) atoms. The highest BCUT2D eigenvalue weighted by atomic mass is 35.5. The minimum atomic E-state index is -1.05. The summed E-state index contributed by atoms with van der Waals surface area (Å²) in [4.78, 5) is 24.7. The van der Waals surface area contributed by atoms with Crippen molar-refractivity contribution in [3.63, 3.8) is 0 Å². The zero-order chi connectivity index (χ0) is 23.7. The molecular weight excluding hydrogens is 473 g/mol. The van der Waals surface area contributed by atoms with Gasteiger partial charge in [0.25, 0.3) is 5.91 Å². The van der Waals surface area contributed by atoms with Gasteiger partial charge in [0.2, 0.25) is 5.91 Å². The van der Waals surface area contributed by atoms with Crippen LogP contribution in [0.15, 0.2) is 47.6 Å². The fraction of sp³-hybridized carbons (Fsp3) is 0.348. The quantitative estimate of drug-likeness (QED) is 0.303. The van der Waals surface area contributed by atoms with Gasteiger partial charge in [0.15, 0.2) is 6.10 Å². The summed E-state index contributed by atoms with van der Waals surface area (Å²) >= 11 is 18.0. The van der Waals surface area contributed by atoms with Gasteiger partial charge in [-0.2, -0.15) is 5.10 Å². The summed E-state index contributed by atoms with van der Waals surface area (Å²) in [5.74, 6) is -0.00868. The Balaban J connectivity index is 1.56. The number of alkyl halides is 2. The fourth-order valence-corrected chi connectivity index (χ4v) is 3.93. The number of ether oxygens (including phenoxy) is 1. The Labute approximate surface area is 202 Å². The first-order chi connectivity index (χ1) is 14.9. The van der Waals surface area contributed by atoms with E-state index in [1.165, 1.54) is 0 Å². The molecule has 0 saturated heterocycles. The third-order valence-electron chi connectivity index (χ3n) is 5.46. The molecule has 2 amide bonds. The van der Waals surface area contributed by atoms with Gasteiger partial charge in [0.1, 0.15) is 10.1 Å². The Morgan fingerprint density at radius 2 is 1.78 bits per heavy atom. The van der Waals surface area contributed by atoms with Crippen LogP contribution in [0.5, 0.6) is 5.75 Å². The van der Waals surface area contributed by atoms with E-state index in [0.717, 1.165) is 11.1 Å². The van der Waals surface area contributed by atoms with Gasteiger partial charge in [0, 0.05) is 10.7 Å². The second-order valence-electron chi connectivity index (χ2n) is 8.09. The largest absolute Gasteiger partial charge is 0.481 e. The number of carbonyl (C=O) groups is 2. The number of hydrazone groups is 1. The average Bonchev–Trinajstić information content (AvgIpc) is 3.27. The van der Waals surface area contributed by atoms with E-state index in [1.807, 2.05) is 6.92 Å². The number of hydrogen-bond donors (Lipinski definition) is 2. The van der Waals surface area contributed by atoms with Crippen LogP contribution in [0.4, 0.5) is 5.69 Å². The zero-order valence-electron chi connectivity index (χ0n) is 18.1. The van der Waals surface area contributed by atoms with Gasteiger partial charge in [-0.05, 0) is 75.6 Å². The number of nitrogens with one attached hydrogen (secondary N) is 2. The molecule has 0 spiro atoms. The third kappa shape index (κ3) is 5.37. The smallest absolute Gasteiger partial charge is 0.265 e. The molecule has 2 aromatic rings. The highest BCUT2D eigenvalue weighted by molar-refractivity contribution is 6.53. The van der Waals surface area contributed by atoms with Gasteiger partial charge in [-0.25, -0.2) is 5.43 Å². The monoisotopic (exact) mass is 495 g/mol. The summed E-state index contributed by atoms with van der Waals surface area (Å²) in [6.07, 6.45) is -0.315. The maximum atomic E-state index is 12.5. The molecule has 0 bridgehead atoms. The highest BCUT2D eigenvalue weighted by Gasteiger charge is 2.68. The standard InChI is InChI=1S/C23H24Cl3N3O3/c1-13-11-17(24)7-10-19(13)32-15(3)20(30)27-18-8-5-16(6-9-18)14(2)28-29-21(31)22(4)12-23(22,25)26/h5-11,15H,12H2,1-4H3,(H,27,30)(H,29,31)/b28-14+. The lowest BCUT2D eigenvalue weighted by Gasteiger charge is -2.16. The van der Waals surface area contributed by atoms with E-state index in [4.69, 9.17) is 39.5 Å². The van der Waals surface area contributed by atoms with Crippen LogP contribution >= 0.6 is 34.8 Å². The third-order valence-corrected chi connectivity index (χ3v) is 6.80. The van der Waals surface area contributed by atoms with Crippen molar-refractivity contribution in [3.8, 4) is 5.75 Å². The molecule has 2 atom stereocenters. The second-order valence-corrected chi connectivity index (χ2v) is 10.0. The van der Waals surface area contributed by atoms with Crippen molar-refractivity contribution in [2.75, 3.05) is 5.32 Å². The number of anilines is 1. The molecule has 0 radical (unpaired) electrons. The SMILES string of the molecule is C/C(=N\NC(=O)C1(C)CC1(Cl)Cl)c1ccc(NC(=O)C(C)Oc2ccc(Cl)cc2C)cc1. The molecule has 3 rings (SSSR count). The Bertz CT molecular complexity index is 1070. The van der Waals surface area contributed by atoms with Gasteiger partial charge >= 0.3 is 0 Å². The first kappa shape index (κ1) is 24.4. The normalized spacial score (nSPS) is 20.3. The molecule has 170 valence electrons. The summed E-state index contributed by atoms with van der Waals surface area (Å²) < 4.78 is 4.70. The lowest BCUT2D eigenvalue weighted by Crippen LogP contribution is -2.30. The number of aryl methyl sites for hydroxylation is 1. The van der Waals surface area contributed by atoms with E-state index in [9.17, 15) is 9.59 Å². The van der Waals surface area contributed by atoms with Crippen LogP contribution in [-0.2, 0) is 9.59 Å². The molecule has 0 heterocycles. The van der Waals surface area contributed by atoms with Crippen LogP contribution in [0.2, 0.25) is 5.02 Å². The van der Waals surface area contributed by atoms with Crippen LogP contribution in [0.25, 0.3) is 0 Å². The Morgan fingerprint density at radius 1 is 1.16 bits per heavy atom. The minimum absolute atomic E-state index is 0.284. The minimum Gasteiger partial charge on any atom is -0.481 e. The molecule has 0 aromatic heterocycles. The Kier molecular flexibility index (Phi) is 7.08. The van der Waals surface area contributed by atoms with E-state index < -0.39 is 15.9 Å². The first-order valence-electron chi connectivity index (χ1n) is 9.99. The van der Waals surface area contributed by atoms with Crippen molar-refractivity contribution in [2.45, 2.75) is 44.6 Å². The van der Waals surface area contributed by atoms with E-state index in [2.05, 4.69) is 15.8 Å². The number of halogens is 3. The number of nitrogens with zero attached hydrogens (tertiary/aromatic N) is 1. The highest BCUT2D eigenvalue weighted by Crippen LogP contribution is 2.63. The van der Waals surface area contributed by atoms with Crippen LogP contribution in [0, 0.1) is 12.3 Å². The molecule has 1 saturated carbocycles. The molecule has 1 aliphatic rings. The average molecular weight is 497 g/mol. The van der Waals surface area contributed by atoms with Gasteiger partial charge in [0.05, 0.1) is 11.1 Å². The summed E-state index contributed by atoms with van der Waals surface area (Å²) in [6.45, 7) is 7.00. The predicted molar refractivity (Wildman–Crippen MR) is 129 cm³/mol. The number of rotatable bonds is 7. The number of benzene rings is 2. The summed E-state index contributed by atoms with van der Waals surface area (Å²) in [5, 5.41) is 7.56. The van der Waals surface area contributed by atoms with Gasteiger partial charge in [-0.3, -0.25) is 9.59 Å². The Morgan fingerprint density at radius 3 is 2.34 bits per heavy atom. The van der Waals surface area contributed by atoms with E-state index in [-0.39, 0.29) is 11.8 Å². The number of hydrogen-bond acceptors (Lipinski definition) is 4. The van der Waals surface area contributed by atoms with Gasteiger partial charge < -0.3 is 10.1 Å². The van der Waals surface area contributed by atoms with Crippen molar-refractivity contribution in [3.05, 3.63) is 58.6 Å². The van der Waals surface area contributed by atoms with Crippen molar-refractivity contribution < 1.29 is 14.3 Å². The molecule has 0 aliphatic heterocycles. The zero-order valence-corrected chi connectivity index (χ0v) is 20.4. The van der Waals surface area contributed by atoms with Crippen LogP contribution in [-0.4, -0.2) is 28.0 Å². The van der Waals surface area contributed by atoms with Crippen molar-refractivity contribution in [1.82, 2.24) is 5.43 Å². The lowest BCUT2D eigenvalue weighted by atomic mass is 10.1. The number of carbonyl (C=O) groups excluding carboxylic acids is 2. The molecule has 2 unspecified atom stereocenters. The maximum Gasteiger partial charge on any atom is 0.265 e. The van der Waals surface area contributed by atoms with Gasteiger partial charge in [-0.15, -0.1) is 23.2 Å². The topological polar surface area (TPSA) is 79.8 Å². The summed E-state index contributed by atoms with van der Waals surface area (Å²) in [6, 6.07) is 12.3. The maximum absolute atomic E-state index is 12.5. The molecule has 1 fully saturated rings. The van der Waals surface area contributed by atoms with E-state index >= 15 is 0 Å². The van der Waals surface area contributed by atoms with Crippen molar-refractivity contribution in [1.29, 1.82) is 0 Å². The van der Waals surface area contributed by atoms with Crippen LogP contribution < -0.4 is 15.5 Å². The number of amides is 2.